The van der Waals surface area contributed by atoms with Crippen molar-refractivity contribution < 1.29 is 41.4 Å². The van der Waals surface area contributed by atoms with Gasteiger partial charge >= 0.3 is 18.1 Å². The lowest BCUT2D eigenvalue weighted by Gasteiger charge is -2.26. The Balaban J connectivity index is 0.000000283. The number of hydrogen-bond acceptors (Lipinski definition) is 5. The highest BCUT2D eigenvalue weighted by atomic mass is 32.2. The fourth-order valence-electron chi connectivity index (χ4n) is 3.30. The summed E-state index contributed by atoms with van der Waals surface area (Å²) in [7, 11) is -3.36. The van der Waals surface area contributed by atoms with Gasteiger partial charge in [-0.3, -0.25) is 4.79 Å². The Hall–Kier alpha value is -2.96. The van der Waals surface area contributed by atoms with E-state index < -0.39 is 39.1 Å². The molecule has 0 spiro atoms. The zero-order chi connectivity index (χ0) is 26.3. The second-order valence-corrected chi connectivity index (χ2v) is 10.2. The van der Waals surface area contributed by atoms with Gasteiger partial charge in [0.25, 0.3) is 0 Å². The predicted molar refractivity (Wildman–Crippen MR) is 124 cm³/mol. The molecule has 1 fully saturated rings. The van der Waals surface area contributed by atoms with Crippen molar-refractivity contribution in [3.8, 4) is 0 Å². The summed E-state index contributed by atoms with van der Waals surface area (Å²) >= 11 is 0. The lowest BCUT2D eigenvalue weighted by molar-refractivity contribution is -0.145. The van der Waals surface area contributed by atoms with Crippen LogP contribution in [0.15, 0.2) is 54.1 Å². The molecule has 0 bridgehead atoms. The van der Waals surface area contributed by atoms with E-state index in [1.165, 1.54) is 53.7 Å². The first-order valence-electron chi connectivity index (χ1n) is 10.6. The van der Waals surface area contributed by atoms with Crippen LogP contribution in [0.2, 0.25) is 0 Å². The van der Waals surface area contributed by atoms with Crippen molar-refractivity contribution in [1.29, 1.82) is 0 Å². The Morgan fingerprint density at radius 2 is 1.74 bits per heavy atom. The molecule has 1 heterocycles. The highest BCUT2D eigenvalue weighted by Gasteiger charge is 2.34. The SMILES string of the molecule is C[C@@]1(C(=O)O)C=CC=C(C(=O)O)C1.O=S(=O)(CC=Cc1ccc(C(F)(F)F)cc1)N1CCNCC1. The molecular weight excluding hydrogens is 489 g/mol. The zero-order valence-electron chi connectivity index (χ0n) is 19.0. The topological polar surface area (TPSA) is 124 Å². The standard InChI is InChI=1S/C14H17F3N2O2S.C9H10O4/c15-14(16,17)13-5-3-12(4-6-13)2-1-11-22(20,21)19-9-7-18-8-10-19;1-9(8(12)13)4-2-3-6(5-9)7(10)11/h1-6,18H,7-11H2;2-4H,5H2,1H3,(H,10,11)(H,12,13)/t;9-/m.1/s1. The van der Waals surface area contributed by atoms with Gasteiger partial charge in [0.05, 0.1) is 16.7 Å². The van der Waals surface area contributed by atoms with Crippen LogP contribution in [-0.4, -0.2) is 66.8 Å². The van der Waals surface area contributed by atoms with Crippen molar-refractivity contribution in [1.82, 2.24) is 9.62 Å². The summed E-state index contributed by atoms with van der Waals surface area (Å²) in [5, 5.41) is 20.6. The van der Waals surface area contributed by atoms with Gasteiger partial charge in [-0.1, -0.05) is 42.5 Å². The maximum atomic E-state index is 12.4. The summed E-state index contributed by atoms with van der Waals surface area (Å²) in [5.74, 6) is -2.22. The fourth-order valence-corrected chi connectivity index (χ4v) is 4.59. The monoisotopic (exact) mass is 516 g/mol. The summed E-state index contributed by atoms with van der Waals surface area (Å²) < 4.78 is 62.8. The van der Waals surface area contributed by atoms with Crippen LogP contribution in [0.5, 0.6) is 0 Å². The molecule has 12 heteroatoms. The third-order valence-electron chi connectivity index (χ3n) is 5.41. The van der Waals surface area contributed by atoms with E-state index in [1.807, 2.05) is 0 Å². The van der Waals surface area contributed by atoms with Gasteiger partial charge in [0.15, 0.2) is 0 Å². The van der Waals surface area contributed by atoms with Crippen molar-refractivity contribution in [3.05, 3.63) is 65.3 Å². The number of aliphatic carboxylic acids is 2. The number of piperazine rings is 1. The minimum atomic E-state index is -4.37. The average molecular weight is 517 g/mol. The molecule has 0 saturated carbocycles. The number of carboxylic acids is 2. The molecule has 0 amide bonds. The number of halogens is 3. The number of rotatable bonds is 6. The summed E-state index contributed by atoms with van der Waals surface area (Å²) in [6.07, 6.45) is 3.04. The van der Waals surface area contributed by atoms with Gasteiger partial charge in [-0.15, -0.1) is 0 Å². The average Bonchev–Trinajstić information content (AvgIpc) is 2.80. The van der Waals surface area contributed by atoms with Gasteiger partial charge in [-0.2, -0.15) is 17.5 Å². The van der Waals surface area contributed by atoms with Gasteiger partial charge in [-0.05, 0) is 31.0 Å². The number of allylic oxidation sites excluding steroid dienone is 2. The van der Waals surface area contributed by atoms with Crippen molar-refractivity contribution >= 4 is 28.0 Å². The second-order valence-electron chi connectivity index (χ2n) is 8.21. The first-order chi connectivity index (χ1) is 16.2. The van der Waals surface area contributed by atoms with Crippen molar-refractivity contribution in [2.24, 2.45) is 5.41 Å². The number of alkyl halides is 3. The Bertz CT molecular complexity index is 1110. The maximum Gasteiger partial charge on any atom is 0.416 e. The minimum absolute atomic E-state index is 0.0359. The van der Waals surface area contributed by atoms with Crippen molar-refractivity contribution in [2.75, 3.05) is 31.9 Å². The molecular formula is C23H27F3N2O6S. The lowest BCUT2D eigenvalue weighted by atomic mass is 9.80. The second kappa shape index (κ2) is 11.6. The van der Waals surface area contributed by atoms with Gasteiger partial charge in [0.2, 0.25) is 10.0 Å². The number of carbonyl (C=O) groups is 2. The van der Waals surface area contributed by atoms with Gasteiger partial charge in [-0.25, -0.2) is 13.2 Å². The molecule has 1 aliphatic heterocycles. The first-order valence-corrected chi connectivity index (χ1v) is 12.2. The van der Waals surface area contributed by atoms with E-state index in [2.05, 4.69) is 5.32 Å². The number of sulfonamides is 1. The van der Waals surface area contributed by atoms with Gasteiger partial charge in [0.1, 0.15) is 0 Å². The largest absolute Gasteiger partial charge is 0.481 e. The number of nitrogens with zero attached hydrogens (tertiary/aromatic N) is 1. The fraction of sp³-hybridized carbons (Fsp3) is 0.391. The third-order valence-corrected chi connectivity index (χ3v) is 7.17. The zero-order valence-corrected chi connectivity index (χ0v) is 19.8. The molecule has 1 atom stereocenters. The lowest BCUT2D eigenvalue weighted by Crippen LogP contribution is -2.46. The Kier molecular flexibility index (Phi) is 9.41. The number of benzene rings is 1. The van der Waals surface area contributed by atoms with E-state index in [9.17, 15) is 31.2 Å². The molecule has 8 nitrogen and oxygen atoms in total. The van der Waals surface area contributed by atoms with Crippen LogP contribution < -0.4 is 5.32 Å². The Morgan fingerprint density at radius 1 is 1.14 bits per heavy atom. The predicted octanol–water partition coefficient (Wildman–Crippen LogP) is 3.00. The Labute approximate surface area is 201 Å². The third kappa shape index (κ3) is 8.34. The van der Waals surface area contributed by atoms with Crippen molar-refractivity contribution in [3.63, 3.8) is 0 Å². The number of hydrogen-bond donors (Lipinski definition) is 3. The molecule has 192 valence electrons. The van der Waals surface area contributed by atoms with E-state index in [4.69, 9.17) is 10.2 Å². The normalized spacial score (nSPS) is 21.2. The van der Waals surface area contributed by atoms with Crippen LogP contribution >= 0.6 is 0 Å². The number of carboxylic acid groups (broad SMARTS) is 2. The molecule has 35 heavy (non-hydrogen) atoms. The van der Waals surface area contributed by atoms with E-state index in [0.29, 0.717) is 31.7 Å². The molecule has 0 radical (unpaired) electrons. The van der Waals surface area contributed by atoms with E-state index in [0.717, 1.165) is 12.1 Å². The van der Waals surface area contributed by atoms with Gasteiger partial charge < -0.3 is 15.5 Å². The van der Waals surface area contributed by atoms with Gasteiger partial charge in [0, 0.05) is 31.8 Å². The minimum Gasteiger partial charge on any atom is -0.481 e. The molecule has 0 aromatic heterocycles. The summed E-state index contributed by atoms with van der Waals surface area (Å²) in [4.78, 5) is 21.3. The smallest absolute Gasteiger partial charge is 0.416 e. The summed E-state index contributed by atoms with van der Waals surface area (Å²) in [6, 6.07) is 4.59. The highest BCUT2D eigenvalue weighted by Crippen LogP contribution is 2.31. The van der Waals surface area contributed by atoms with E-state index >= 15 is 0 Å². The highest BCUT2D eigenvalue weighted by molar-refractivity contribution is 7.89. The van der Waals surface area contributed by atoms with Crippen LogP contribution in [0.3, 0.4) is 0 Å². The van der Waals surface area contributed by atoms with Crippen molar-refractivity contribution in [2.45, 2.75) is 19.5 Å². The summed E-state index contributed by atoms with van der Waals surface area (Å²) in [5.41, 5.74) is -1.14. The van der Waals surface area contributed by atoms with Crippen LogP contribution in [0.1, 0.15) is 24.5 Å². The van der Waals surface area contributed by atoms with Crippen LogP contribution in [0, 0.1) is 5.41 Å². The maximum absolute atomic E-state index is 12.4. The quantitative estimate of drug-likeness (QED) is 0.531. The molecule has 1 aromatic rings. The molecule has 0 unspecified atom stereocenters. The molecule has 1 aromatic carbocycles. The molecule has 3 rings (SSSR count). The summed E-state index contributed by atoms with van der Waals surface area (Å²) in [6.45, 7) is 3.64. The van der Waals surface area contributed by atoms with E-state index in [-0.39, 0.29) is 17.7 Å². The number of nitrogens with one attached hydrogen (secondary N) is 1. The van der Waals surface area contributed by atoms with E-state index in [1.54, 1.807) is 0 Å². The van der Waals surface area contributed by atoms with Crippen LogP contribution in [-0.2, 0) is 25.8 Å². The molecule has 3 N–H and O–H groups in total. The molecule has 1 aliphatic carbocycles. The molecule has 1 saturated heterocycles. The van der Waals surface area contributed by atoms with Crippen LogP contribution in [0.25, 0.3) is 6.08 Å². The van der Waals surface area contributed by atoms with Crippen LogP contribution in [0.4, 0.5) is 13.2 Å². The molecule has 2 aliphatic rings. The first kappa shape index (κ1) is 28.3. The Morgan fingerprint density at radius 3 is 2.26 bits per heavy atom.